The molecular formula is C109H123IN4O19. The van der Waals surface area contributed by atoms with E-state index in [-0.39, 0.29) is 83.1 Å². The van der Waals surface area contributed by atoms with Crippen LogP contribution in [0.2, 0.25) is 0 Å². The molecule has 8 heterocycles. The number of esters is 1. The van der Waals surface area contributed by atoms with Crippen LogP contribution in [0.1, 0.15) is 141 Å². The van der Waals surface area contributed by atoms with Crippen LogP contribution >= 0.6 is 22.6 Å². The zero-order valence-electron chi connectivity index (χ0n) is 72.8. The minimum atomic E-state index is -1.73. The Morgan fingerprint density at radius 3 is 1.09 bits per heavy atom. The first-order valence-corrected chi connectivity index (χ1v) is 44.8. The van der Waals surface area contributed by atoms with E-state index in [0.717, 1.165) is 65.6 Å². The summed E-state index contributed by atoms with van der Waals surface area (Å²) in [6, 6.07) is 104. The van der Waals surface area contributed by atoms with Crippen molar-refractivity contribution in [2.24, 2.45) is 0 Å². The van der Waals surface area contributed by atoms with Gasteiger partial charge in [-0.15, -0.1) is 0 Å². The maximum Gasteiger partial charge on any atom is 0.338 e. The Morgan fingerprint density at radius 1 is 0.361 bits per heavy atom. The average molecular weight is 1920 g/mol. The van der Waals surface area contributed by atoms with Crippen LogP contribution in [0, 0.1) is 3.57 Å². The first-order chi connectivity index (χ1) is 63.7. The summed E-state index contributed by atoms with van der Waals surface area (Å²) < 4.78 is 79.4. The molecule has 0 bridgehead atoms. The van der Waals surface area contributed by atoms with Crippen molar-refractivity contribution in [1.82, 2.24) is 19.9 Å². The number of hydrogen-bond acceptors (Lipinski definition) is 22. The van der Waals surface area contributed by atoms with Crippen molar-refractivity contribution in [1.29, 1.82) is 0 Å². The molecule has 9 aromatic carbocycles. The van der Waals surface area contributed by atoms with E-state index in [0.29, 0.717) is 101 Å². The summed E-state index contributed by atoms with van der Waals surface area (Å²) in [7, 11) is 0. The molecule has 4 unspecified atom stereocenters. The van der Waals surface area contributed by atoms with Crippen LogP contribution in [0.25, 0.3) is 0 Å². The van der Waals surface area contributed by atoms with Gasteiger partial charge in [-0.25, -0.2) is 19.7 Å². The van der Waals surface area contributed by atoms with Gasteiger partial charge in [-0.05, 0) is 122 Å². The van der Waals surface area contributed by atoms with Crippen molar-refractivity contribution in [3.63, 3.8) is 0 Å². The Balaban J connectivity index is 0.000000179. The number of pyridine rings is 4. The van der Waals surface area contributed by atoms with Crippen LogP contribution in [-0.4, -0.2) is 126 Å². The third kappa shape index (κ3) is 30.8. The van der Waals surface area contributed by atoms with E-state index >= 15 is 0 Å². The molecule has 4 saturated heterocycles. The van der Waals surface area contributed by atoms with E-state index in [1.807, 2.05) is 293 Å². The Morgan fingerprint density at radius 2 is 0.722 bits per heavy atom. The highest BCUT2D eigenvalue weighted by molar-refractivity contribution is 14.1. The third-order valence-electron chi connectivity index (χ3n) is 22.1. The van der Waals surface area contributed by atoms with Gasteiger partial charge in [-0.2, -0.15) is 0 Å². The standard InChI is InChI=1S/C32H33NO5.C32H33NO4.C20H22O4.C12H10INO.C10H13NO5.3CH4/c1-2-28-30(36-22-25-14-8-4-9-15-25)31(37-23-26-16-10-5-11-17-26)32(34,38-28)27-18-19-29(33-20-27)35-21-24-12-6-3-7-13-24;1-2-28-31(35-22-25-14-8-4-9-15-25)32(36-23-26-16-10-5-11-17-26)30(37-28)27-18-19-29(33-20-27)34-21-24-12-6-3-7-13-24;1-2-17-18(22-13-15-9-5-3-6-10-15)19(20(21)24-17)23-14-16-11-7-4-8-12-16;13-11-6-7-12(14-8-11)15-9-10-4-2-1-3-5-10;12-4-6-8(14)9(15)10(16-6)5-1-2-7(13)11-3-5;;;/h3-20,28,30-31,34H,2,21-23H2,1H3;3-20,28,30-32H,2,21-23H2,1H3;3-12,17-19H,2,13-14H2,1H3;1-8H,9H2;1-3,6,8-10,12,14-15H,4H2,(H,11,13);3*1H4/t28-,30+,31?,32+;28-,30+,31+,32?;17-,18+,19?;;6-,8+,9?,10+;;;/m111.1.../s1. The summed E-state index contributed by atoms with van der Waals surface area (Å²) in [6.07, 6.45) is 1.27. The van der Waals surface area contributed by atoms with Crippen LogP contribution in [0.5, 0.6) is 17.6 Å². The molecule has 4 aliphatic rings. The fraction of sp³-hybridized carbons (Fsp3) is 0.312. The first kappa shape index (κ1) is 104. The molecule has 24 heteroatoms. The zero-order chi connectivity index (χ0) is 90.5. The summed E-state index contributed by atoms with van der Waals surface area (Å²) in [4.78, 5) is 38.6. The highest BCUT2D eigenvalue weighted by Crippen LogP contribution is 2.44. The number of carbonyl (C=O) groups is 1. The number of H-pyrrole nitrogens is 1. The molecular weight excluding hydrogens is 1800 g/mol. The average Bonchev–Trinajstić information content (AvgIpc) is 1.60. The van der Waals surface area contributed by atoms with E-state index < -0.39 is 48.5 Å². The highest BCUT2D eigenvalue weighted by atomic mass is 127. The molecule has 23 nitrogen and oxygen atoms in total. The molecule has 0 radical (unpaired) electrons. The van der Waals surface area contributed by atoms with Crippen molar-refractivity contribution in [2.75, 3.05) is 6.61 Å². The van der Waals surface area contributed by atoms with Gasteiger partial charge < -0.3 is 87.0 Å². The second-order valence-electron chi connectivity index (χ2n) is 31.3. The Kier molecular flexibility index (Phi) is 42.5. The molecule has 133 heavy (non-hydrogen) atoms. The van der Waals surface area contributed by atoms with Crippen LogP contribution < -0.4 is 19.8 Å². The van der Waals surface area contributed by atoms with Crippen LogP contribution in [0.15, 0.2) is 351 Å². The van der Waals surface area contributed by atoms with Crippen molar-refractivity contribution in [3.8, 4) is 17.6 Å². The Bertz CT molecular complexity index is 5420. The number of nitrogens with zero attached hydrogens (tertiary/aromatic N) is 3. The van der Waals surface area contributed by atoms with Gasteiger partial charge in [0.15, 0.2) is 6.10 Å². The Labute approximate surface area is 794 Å². The van der Waals surface area contributed by atoms with Crippen LogP contribution in [0.4, 0.5) is 0 Å². The van der Waals surface area contributed by atoms with Crippen molar-refractivity contribution < 1.29 is 86.8 Å². The largest absolute Gasteiger partial charge is 0.473 e. The lowest BCUT2D eigenvalue weighted by molar-refractivity contribution is -0.250. The minimum Gasteiger partial charge on any atom is -0.473 e. The zero-order valence-corrected chi connectivity index (χ0v) is 75.0. The van der Waals surface area contributed by atoms with E-state index in [2.05, 4.69) is 73.7 Å². The summed E-state index contributed by atoms with van der Waals surface area (Å²) >= 11 is 2.22. The van der Waals surface area contributed by atoms with Crippen LogP contribution in [-0.2, 0) is 117 Å². The number of halogens is 1. The number of aromatic amines is 1. The second-order valence-corrected chi connectivity index (χ2v) is 32.6. The predicted octanol–water partition coefficient (Wildman–Crippen LogP) is 19.7. The molecule has 0 spiro atoms. The number of rotatable bonds is 34. The smallest absolute Gasteiger partial charge is 0.338 e. The summed E-state index contributed by atoms with van der Waals surface area (Å²) in [5.74, 6) is -0.363. The van der Waals surface area contributed by atoms with Gasteiger partial charge in [0.2, 0.25) is 29.0 Å². The minimum absolute atomic E-state index is 0. The van der Waals surface area contributed by atoms with Gasteiger partial charge >= 0.3 is 5.97 Å². The molecule has 4 fully saturated rings. The lowest BCUT2D eigenvalue weighted by Crippen LogP contribution is -2.44. The van der Waals surface area contributed by atoms with Crippen molar-refractivity contribution in [2.45, 2.75) is 213 Å². The van der Waals surface area contributed by atoms with E-state index in [1.165, 1.54) is 18.3 Å². The fourth-order valence-corrected chi connectivity index (χ4v) is 15.4. The lowest BCUT2D eigenvalue weighted by atomic mass is 9.98. The molecule has 13 aromatic rings. The number of aliphatic hydroxyl groups excluding tert-OH is 3. The number of aliphatic hydroxyl groups is 4. The maximum atomic E-state index is 12.2. The predicted molar refractivity (Wildman–Crippen MR) is 519 cm³/mol. The number of cyclic esters (lactones) is 1. The van der Waals surface area contributed by atoms with E-state index in [1.54, 1.807) is 24.5 Å². The monoisotopic (exact) mass is 1920 g/mol. The number of carbonyl (C=O) groups excluding carboxylic acids is 1. The molecule has 0 saturated carbocycles. The van der Waals surface area contributed by atoms with E-state index in [9.17, 15) is 24.9 Å². The van der Waals surface area contributed by atoms with Gasteiger partial charge in [0, 0.05) is 63.7 Å². The summed E-state index contributed by atoms with van der Waals surface area (Å²) in [5, 5.41) is 40.1. The molecule has 700 valence electrons. The first-order valence-electron chi connectivity index (χ1n) is 43.8. The number of nitrogens with one attached hydrogen (secondary N) is 1. The molecule has 15 atom stereocenters. The van der Waals surface area contributed by atoms with Gasteiger partial charge in [-0.3, -0.25) is 4.79 Å². The number of ether oxygens (including phenoxy) is 13. The number of hydrogen-bond donors (Lipinski definition) is 5. The summed E-state index contributed by atoms with van der Waals surface area (Å²) in [6.45, 7) is 9.69. The molecule has 4 aliphatic heterocycles. The lowest BCUT2D eigenvalue weighted by Gasteiger charge is -2.30. The van der Waals surface area contributed by atoms with Gasteiger partial charge in [0.25, 0.3) is 0 Å². The van der Waals surface area contributed by atoms with Crippen molar-refractivity contribution >= 4 is 28.6 Å². The molecule has 0 aliphatic carbocycles. The quantitative estimate of drug-likeness (QED) is 0.0185. The van der Waals surface area contributed by atoms with Crippen molar-refractivity contribution in [3.05, 3.63) is 427 Å². The number of aromatic nitrogens is 4. The molecule has 17 rings (SSSR count). The molecule has 5 N–H and O–H groups in total. The molecule has 0 amide bonds. The van der Waals surface area contributed by atoms with E-state index in [4.69, 9.17) is 66.7 Å². The van der Waals surface area contributed by atoms with Gasteiger partial charge in [0.1, 0.15) is 87.0 Å². The molecule has 4 aromatic heterocycles. The van der Waals surface area contributed by atoms with Crippen LogP contribution in [0.3, 0.4) is 0 Å². The SMILES string of the molecule is C.C.C.CC[C@H]1OC(=O)C(OCc2ccccc2)[C@H]1OCc1ccccc1.CC[C@H]1O[C@@H](c2ccc(OCc3ccccc3)nc2)C(OCc2ccccc2)[C@H]1OCc1ccccc1.CC[C@H]1O[C@@](O)(c2ccc(OCc3ccccc3)nc2)C(OCc2ccccc2)[C@H]1OCc1ccccc1.Ic1ccc(OCc2ccccc2)nc1.O=c1ccc([C@@H]2O[C@H](CO)[C@H](O)C2O)c[nH]1. The number of benzene rings is 9. The fourth-order valence-electron chi connectivity index (χ4n) is 15.1. The van der Waals surface area contributed by atoms with Gasteiger partial charge in [0.05, 0.1) is 58.5 Å². The van der Waals surface area contributed by atoms with Gasteiger partial charge in [-0.1, -0.05) is 316 Å². The summed E-state index contributed by atoms with van der Waals surface area (Å²) in [5.41, 5.74) is 11.4. The third-order valence-corrected chi connectivity index (χ3v) is 22.7. The maximum absolute atomic E-state index is 12.2. The normalized spacial score (nSPS) is 21.8. The highest BCUT2D eigenvalue weighted by Gasteiger charge is 2.57. The Hall–Kier alpha value is -11.5. The topological polar surface area (TPSA) is 290 Å². The second kappa shape index (κ2) is 54.6.